The van der Waals surface area contributed by atoms with Crippen LogP contribution in [0.25, 0.3) is 0 Å². The summed E-state index contributed by atoms with van der Waals surface area (Å²) in [5.41, 5.74) is 3.45. The van der Waals surface area contributed by atoms with Crippen molar-refractivity contribution in [1.29, 1.82) is 0 Å². The van der Waals surface area contributed by atoms with Crippen molar-refractivity contribution in [1.82, 2.24) is 0 Å². The van der Waals surface area contributed by atoms with Gasteiger partial charge in [0.2, 0.25) is 0 Å². The summed E-state index contributed by atoms with van der Waals surface area (Å²) in [6, 6.07) is 18.3. The molecule has 0 bridgehead atoms. The quantitative estimate of drug-likeness (QED) is 0.870. The first-order chi connectivity index (χ1) is 9.74. The topological polar surface area (TPSA) is 29.5 Å². The summed E-state index contributed by atoms with van der Waals surface area (Å²) < 4.78 is 5.47. The zero-order chi connectivity index (χ0) is 14.4. The van der Waals surface area contributed by atoms with Gasteiger partial charge in [-0.1, -0.05) is 61.5 Å². The second-order valence-corrected chi connectivity index (χ2v) is 5.01. The van der Waals surface area contributed by atoms with Crippen molar-refractivity contribution in [2.45, 2.75) is 32.0 Å². The fraction of sp³-hybridized carbons (Fsp3) is 0.333. The van der Waals surface area contributed by atoms with E-state index < -0.39 is 6.10 Å². The molecule has 1 N–H and O–H groups in total. The van der Waals surface area contributed by atoms with E-state index in [1.54, 1.807) is 7.11 Å². The molecule has 2 aromatic carbocycles. The summed E-state index contributed by atoms with van der Waals surface area (Å²) in [4.78, 5) is 0. The minimum atomic E-state index is -0.546. The van der Waals surface area contributed by atoms with E-state index in [0.29, 0.717) is 6.42 Å². The normalized spacial score (nSPS) is 13.9. The number of rotatable bonds is 6. The SMILES string of the molecule is CCc1ccc(CC(O)C(OC)c2ccccc2)cc1. The van der Waals surface area contributed by atoms with Crippen LogP contribution in [0.15, 0.2) is 54.6 Å². The van der Waals surface area contributed by atoms with Crippen LogP contribution >= 0.6 is 0 Å². The molecule has 2 unspecified atom stereocenters. The predicted molar refractivity (Wildman–Crippen MR) is 81.7 cm³/mol. The fourth-order valence-corrected chi connectivity index (χ4v) is 2.42. The van der Waals surface area contributed by atoms with Gasteiger partial charge < -0.3 is 9.84 Å². The Bertz CT molecular complexity index is 505. The van der Waals surface area contributed by atoms with Crippen molar-refractivity contribution in [3.8, 4) is 0 Å². The summed E-state index contributed by atoms with van der Waals surface area (Å²) in [6.45, 7) is 2.14. The van der Waals surface area contributed by atoms with Crippen molar-refractivity contribution in [2.75, 3.05) is 7.11 Å². The van der Waals surface area contributed by atoms with Gasteiger partial charge in [-0.25, -0.2) is 0 Å². The lowest BCUT2D eigenvalue weighted by atomic mass is 9.97. The monoisotopic (exact) mass is 270 g/mol. The number of aryl methyl sites for hydroxylation is 1. The number of ether oxygens (including phenoxy) is 1. The molecule has 2 heteroatoms. The van der Waals surface area contributed by atoms with Crippen molar-refractivity contribution in [3.63, 3.8) is 0 Å². The Morgan fingerprint density at radius 3 is 2.10 bits per heavy atom. The maximum Gasteiger partial charge on any atom is 0.108 e. The molecule has 0 aromatic heterocycles. The van der Waals surface area contributed by atoms with E-state index in [2.05, 4.69) is 31.2 Å². The molecule has 0 aliphatic heterocycles. The van der Waals surface area contributed by atoms with Gasteiger partial charge in [0.1, 0.15) is 6.10 Å². The second kappa shape index (κ2) is 7.22. The molecule has 0 radical (unpaired) electrons. The molecule has 2 rings (SSSR count). The lowest BCUT2D eigenvalue weighted by Crippen LogP contribution is -2.22. The maximum atomic E-state index is 10.4. The number of hydrogen-bond donors (Lipinski definition) is 1. The lowest BCUT2D eigenvalue weighted by molar-refractivity contribution is -0.0128. The first-order valence-electron chi connectivity index (χ1n) is 7.08. The Labute approximate surface area is 121 Å². The highest BCUT2D eigenvalue weighted by molar-refractivity contribution is 5.24. The first kappa shape index (κ1) is 14.8. The Hall–Kier alpha value is -1.64. The molecule has 2 aromatic rings. The van der Waals surface area contributed by atoms with Gasteiger partial charge in [-0.3, -0.25) is 0 Å². The largest absolute Gasteiger partial charge is 0.390 e. The minimum absolute atomic E-state index is 0.290. The molecule has 20 heavy (non-hydrogen) atoms. The smallest absolute Gasteiger partial charge is 0.108 e. The molecule has 0 saturated heterocycles. The van der Waals surface area contributed by atoms with Crippen LogP contribution in [-0.2, 0) is 17.6 Å². The molecule has 0 fully saturated rings. The van der Waals surface area contributed by atoms with Crippen molar-refractivity contribution in [3.05, 3.63) is 71.3 Å². The molecular weight excluding hydrogens is 248 g/mol. The molecule has 0 heterocycles. The van der Waals surface area contributed by atoms with Crippen LogP contribution in [0, 0.1) is 0 Å². The van der Waals surface area contributed by atoms with E-state index in [1.165, 1.54) is 5.56 Å². The number of benzene rings is 2. The van der Waals surface area contributed by atoms with Crippen molar-refractivity contribution in [2.24, 2.45) is 0 Å². The molecule has 0 amide bonds. The standard InChI is InChI=1S/C18H22O2/c1-3-14-9-11-15(12-10-14)13-17(19)18(20-2)16-7-5-4-6-8-16/h4-12,17-19H,3,13H2,1-2H3. The van der Waals surface area contributed by atoms with E-state index >= 15 is 0 Å². The van der Waals surface area contributed by atoms with Gasteiger partial charge in [0.25, 0.3) is 0 Å². The summed E-state index contributed by atoms with van der Waals surface area (Å²) in [5.74, 6) is 0. The molecule has 0 aliphatic rings. The van der Waals surface area contributed by atoms with Gasteiger partial charge in [-0.15, -0.1) is 0 Å². The zero-order valence-electron chi connectivity index (χ0n) is 12.1. The van der Waals surface area contributed by atoms with Crippen LogP contribution in [0.3, 0.4) is 0 Å². The second-order valence-electron chi connectivity index (χ2n) is 5.01. The van der Waals surface area contributed by atoms with Crippen molar-refractivity contribution < 1.29 is 9.84 Å². The van der Waals surface area contributed by atoms with Crippen molar-refractivity contribution >= 4 is 0 Å². The average Bonchev–Trinajstić information content (AvgIpc) is 2.50. The van der Waals surface area contributed by atoms with E-state index in [0.717, 1.165) is 17.5 Å². The van der Waals surface area contributed by atoms with Crippen LogP contribution in [0.1, 0.15) is 29.7 Å². The van der Waals surface area contributed by atoms with E-state index in [9.17, 15) is 5.11 Å². The van der Waals surface area contributed by atoms with Crippen LogP contribution in [0.5, 0.6) is 0 Å². The third kappa shape index (κ3) is 3.69. The Morgan fingerprint density at radius 1 is 0.950 bits per heavy atom. The van der Waals surface area contributed by atoms with Gasteiger partial charge in [-0.2, -0.15) is 0 Å². The molecular formula is C18H22O2. The maximum absolute atomic E-state index is 10.4. The predicted octanol–water partition coefficient (Wildman–Crippen LogP) is 3.54. The van der Waals surface area contributed by atoms with Gasteiger partial charge in [-0.05, 0) is 23.1 Å². The molecule has 0 spiro atoms. The van der Waals surface area contributed by atoms with Gasteiger partial charge in [0.15, 0.2) is 0 Å². The zero-order valence-corrected chi connectivity index (χ0v) is 12.1. The molecule has 2 atom stereocenters. The Kier molecular flexibility index (Phi) is 5.33. The molecule has 0 saturated carbocycles. The highest BCUT2D eigenvalue weighted by atomic mass is 16.5. The minimum Gasteiger partial charge on any atom is -0.390 e. The first-order valence-corrected chi connectivity index (χ1v) is 7.08. The van der Waals surface area contributed by atoms with Gasteiger partial charge in [0.05, 0.1) is 6.10 Å². The lowest BCUT2D eigenvalue weighted by Gasteiger charge is -2.22. The number of methoxy groups -OCH3 is 1. The van der Waals surface area contributed by atoms with Crippen LogP contribution in [-0.4, -0.2) is 18.3 Å². The molecule has 2 nitrogen and oxygen atoms in total. The number of aliphatic hydroxyl groups excluding tert-OH is 1. The van der Waals surface area contributed by atoms with E-state index in [1.807, 2.05) is 30.3 Å². The summed E-state index contributed by atoms with van der Waals surface area (Å²) in [6.07, 6.45) is 0.794. The highest BCUT2D eigenvalue weighted by Gasteiger charge is 2.20. The Balaban J connectivity index is 2.07. The Morgan fingerprint density at radius 2 is 1.55 bits per heavy atom. The summed E-state index contributed by atoms with van der Waals surface area (Å²) in [5, 5.41) is 10.4. The van der Waals surface area contributed by atoms with Crippen LogP contribution in [0.2, 0.25) is 0 Å². The van der Waals surface area contributed by atoms with E-state index in [-0.39, 0.29) is 6.10 Å². The number of hydrogen-bond acceptors (Lipinski definition) is 2. The van der Waals surface area contributed by atoms with Crippen LogP contribution < -0.4 is 0 Å². The highest BCUT2D eigenvalue weighted by Crippen LogP contribution is 2.23. The third-order valence-corrected chi connectivity index (χ3v) is 3.61. The van der Waals surface area contributed by atoms with E-state index in [4.69, 9.17) is 4.74 Å². The summed E-state index contributed by atoms with van der Waals surface area (Å²) >= 11 is 0. The third-order valence-electron chi connectivity index (χ3n) is 3.61. The van der Waals surface area contributed by atoms with Gasteiger partial charge >= 0.3 is 0 Å². The fourth-order valence-electron chi connectivity index (χ4n) is 2.42. The molecule has 0 aliphatic carbocycles. The van der Waals surface area contributed by atoms with Crippen LogP contribution in [0.4, 0.5) is 0 Å². The van der Waals surface area contributed by atoms with Gasteiger partial charge in [0, 0.05) is 13.5 Å². The number of aliphatic hydroxyl groups is 1. The summed E-state index contributed by atoms with van der Waals surface area (Å²) in [7, 11) is 1.64. The molecule has 106 valence electrons. The average molecular weight is 270 g/mol.